The number of hydrogen-bond acceptors (Lipinski definition) is 2. The zero-order valence-electron chi connectivity index (χ0n) is 5.95. The van der Waals surface area contributed by atoms with E-state index < -0.39 is 4.92 Å². The second kappa shape index (κ2) is 3.24. The summed E-state index contributed by atoms with van der Waals surface area (Å²) in [5.74, 6) is 2.33. The molecule has 12 heavy (non-hydrogen) atoms. The summed E-state index contributed by atoms with van der Waals surface area (Å²) in [6.07, 6.45) is 5.07. The highest BCUT2D eigenvalue weighted by Crippen LogP contribution is 2.24. The maximum atomic E-state index is 10.3. The summed E-state index contributed by atoms with van der Waals surface area (Å²) in [7, 11) is 0. The quantitative estimate of drug-likeness (QED) is 0.379. The van der Waals surface area contributed by atoms with E-state index in [1.165, 1.54) is 18.2 Å². The van der Waals surface area contributed by atoms with Crippen LogP contribution in [-0.2, 0) is 0 Å². The highest BCUT2D eigenvalue weighted by molar-refractivity contribution is 6.32. The standard InChI is InChI=1S/C8H4ClNO2/c1-2-6-3-4-8(10(11)12)7(9)5-6/h1,3-5H. The minimum atomic E-state index is -0.553. The van der Waals surface area contributed by atoms with Crippen LogP contribution < -0.4 is 0 Å². The lowest BCUT2D eigenvalue weighted by molar-refractivity contribution is -0.384. The molecule has 0 fully saturated rings. The summed E-state index contributed by atoms with van der Waals surface area (Å²) in [5.41, 5.74) is 0.404. The van der Waals surface area contributed by atoms with Gasteiger partial charge in [-0.2, -0.15) is 0 Å². The van der Waals surface area contributed by atoms with Crippen molar-refractivity contribution < 1.29 is 4.92 Å². The SMILES string of the molecule is C#Cc1ccc([N+](=O)[O-])c(Cl)c1. The Labute approximate surface area is 74.1 Å². The number of hydrogen-bond donors (Lipinski definition) is 0. The van der Waals surface area contributed by atoms with E-state index in [4.69, 9.17) is 18.0 Å². The first-order chi connectivity index (χ1) is 5.65. The lowest BCUT2D eigenvalue weighted by Crippen LogP contribution is -1.88. The molecule has 0 unspecified atom stereocenters. The number of benzene rings is 1. The molecule has 0 spiro atoms. The molecule has 1 aromatic carbocycles. The third kappa shape index (κ3) is 1.55. The van der Waals surface area contributed by atoms with E-state index in [0.29, 0.717) is 5.56 Å². The molecule has 0 saturated carbocycles. The second-order valence-corrected chi connectivity index (χ2v) is 2.47. The molecular weight excluding hydrogens is 178 g/mol. The van der Waals surface area contributed by atoms with Crippen LogP contribution in [0.15, 0.2) is 18.2 Å². The van der Waals surface area contributed by atoms with Crippen LogP contribution in [0.25, 0.3) is 0 Å². The van der Waals surface area contributed by atoms with Gasteiger partial charge in [0.05, 0.1) is 4.92 Å². The van der Waals surface area contributed by atoms with Gasteiger partial charge < -0.3 is 0 Å². The third-order valence-corrected chi connectivity index (χ3v) is 1.61. The fourth-order valence-corrected chi connectivity index (χ4v) is 0.994. The molecule has 0 heterocycles. The van der Waals surface area contributed by atoms with Crippen molar-refractivity contribution in [1.82, 2.24) is 0 Å². The molecule has 0 amide bonds. The van der Waals surface area contributed by atoms with Crippen molar-refractivity contribution in [1.29, 1.82) is 0 Å². The summed E-state index contributed by atoms with van der Waals surface area (Å²) in [5, 5.41) is 10.4. The van der Waals surface area contributed by atoms with Crippen molar-refractivity contribution in [3.8, 4) is 12.3 Å². The molecule has 0 N–H and O–H groups in total. The first kappa shape index (κ1) is 8.57. The molecule has 0 aliphatic carbocycles. The number of terminal acetylenes is 1. The van der Waals surface area contributed by atoms with Gasteiger partial charge in [0.2, 0.25) is 0 Å². The molecule has 0 atom stereocenters. The van der Waals surface area contributed by atoms with Crippen LogP contribution in [0.3, 0.4) is 0 Å². The van der Waals surface area contributed by atoms with E-state index >= 15 is 0 Å². The lowest BCUT2D eigenvalue weighted by atomic mass is 10.2. The average Bonchev–Trinajstić information content (AvgIpc) is 2.03. The minimum absolute atomic E-state index is 0.0652. The van der Waals surface area contributed by atoms with E-state index in [-0.39, 0.29) is 10.7 Å². The molecule has 0 bridgehead atoms. The molecule has 0 aromatic heterocycles. The van der Waals surface area contributed by atoms with Crippen LogP contribution in [0, 0.1) is 22.5 Å². The Kier molecular flexibility index (Phi) is 2.32. The number of nitrogens with zero attached hydrogens (tertiary/aromatic N) is 1. The molecule has 1 rings (SSSR count). The molecule has 0 aliphatic heterocycles. The minimum Gasteiger partial charge on any atom is -0.258 e. The van der Waals surface area contributed by atoms with Crippen molar-refractivity contribution in [3.05, 3.63) is 38.9 Å². The van der Waals surface area contributed by atoms with Crippen LogP contribution in [0.5, 0.6) is 0 Å². The Bertz CT molecular complexity index is 368. The van der Waals surface area contributed by atoms with Crippen molar-refractivity contribution in [2.45, 2.75) is 0 Å². The van der Waals surface area contributed by atoms with Crippen LogP contribution in [-0.4, -0.2) is 4.92 Å². The largest absolute Gasteiger partial charge is 0.287 e. The van der Waals surface area contributed by atoms with E-state index in [0.717, 1.165) is 0 Å². The van der Waals surface area contributed by atoms with E-state index in [9.17, 15) is 10.1 Å². The summed E-state index contributed by atoms with van der Waals surface area (Å²) in [4.78, 5) is 9.74. The summed E-state index contributed by atoms with van der Waals surface area (Å²) in [6, 6.07) is 4.15. The summed E-state index contributed by atoms with van der Waals surface area (Å²) in [6.45, 7) is 0. The van der Waals surface area contributed by atoms with Gasteiger partial charge in [-0.15, -0.1) is 6.42 Å². The monoisotopic (exact) mass is 181 g/mol. The molecule has 0 radical (unpaired) electrons. The Balaban J connectivity index is 3.23. The number of nitro benzene ring substituents is 1. The Morgan fingerprint density at radius 3 is 2.67 bits per heavy atom. The maximum Gasteiger partial charge on any atom is 0.287 e. The predicted octanol–water partition coefficient (Wildman–Crippen LogP) is 2.23. The van der Waals surface area contributed by atoms with Gasteiger partial charge in [-0.3, -0.25) is 10.1 Å². The van der Waals surface area contributed by atoms with Gasteiger partial charge in [0, 0.05) is 11.6 Å². The Hall–Kier alpha value is -1.53. The smallest absolute Gasteiger partial charge is 0.258 e. The maximum absolute atomic E-state index is 10.3. The number of halogens is 1. The lowest BCUT2D eigenvalue weighted by Gasteiger charge is -1.94. The zero-order valence-corrected chi connectivity index (χ0v) is 6.71. The topological polar surface area (TPSA) is 43.1 Å². The van der Waals surface area contributed by atoms with E-state index in [1.54, 1.807) is 0 Å². The van der Waals surface area contributed by atoms with E-state index in [2.05, 4.69) is 5.92 Å². The molecule has 60 valence electrons. The normalized spacial score (nSPS) is 9.00. The van der Waals surface area contributed by atoms with Gasteiger partial charge in [-0.25, -0.2) is 0 Å². The van der Waals surface area contributed by atoms with Gasteiger partial charge in [0.15, 0.2) is 0 Å². The van der Waals surface area contributed by atoms with Crippen molar-refractivity contribution in [2.24, 2.45) is 0 Å². The zero-order chi connectivity index (χ0) is 9.14. The van der Waals surface area contributed by atoms with Crippen LogP contribution in [0.4, 0.5) is 5.69 Å². The van der Waals surface area contributed by atoms with Crippen molar-refractivity contribution in [3.63, 3.8) is 0 Å². The highest BCUT2D eigenvalue weighted by Gasteiger charge is 2.10. The van der Waals surface area contributed by atoms with Gasteiger partial charge in [-0.1, -0.05) is 17.5 Å². The fourth-order valence-electron chi connectivity index (χ4n) is 0.745. The fraction of sp³-hybridized carbons (Fsp3) is 0. The van der Waals surface area contributed by atoms with Gasteiger partial charge in [-0.05, 0) is 12.1 Å². The molecule has 4 heteroatoms. The van der Waals surface area contributed by atoms with Crippen molar-refractivity contribution >= 4 is 17.3 Å². The molecule has 0 aliphatic rings. The van der Waals surface area contributed by atoms with Gasteiger partial charge in [0.1, 0.15) is 5.02 Å². The predicted molar refractivity (Wildman–Crippen MR) is 46.0 cm³/mol. The number of rotatable bonds is 1. The molecule has 0 saturated heterocycles. The van der Waals surface area contributed by atoms with Crippen LogP contribution in [0.2, 0.25) is 5.02 Å². The van der Waals surface area contributed by atoms with Gasteiger partial charge >= 0.3 is 0 Å². The molecular formula is C8H4ClNO2. The first-order valence-corrected chi connectivity index (χ1v) is 3.43. The van der Waals surface area contributed by atoms with Crippen molar-refractivity contribution in [2.75, 3.05) is 0 Å². The average molecular weight is 182 g/mol. The van der Waals surface area contributed by atoms with Crippen LogP contribution >= 0.6 is 11.6 Å². The Morgan fingerprint density at radius 2 is 2.25 bits per heavy atom. The van der Waals surface area contributed by atoms with Crippen LogP contribution in [0.1, 0.15) is 5.56 Å². The molecule has 1 aromatic rings. The summed E-state index contributed by atoms with van der Waals surface area (Å²) >= 11 is 5.57. The first-order valence-electron chi connectivity index (χ1n) is 3.05. The third-order valence-electron chi connectivity index (χ3n) is 1.31. The highest BCUT2D eigenvalue weighted by atomic mass is 35.5. The van der Waals surface area contributed by atoms with E-state index in [1.807, 2.05) is 0 Å². The Morgan fingerprint density at radius 1 is 1.58 bits per heavy atom. The summed E-state index contributed by atoms with van der Waals surface area (Å²) < 4.78 is 0. The number of nitro groups is 1. The second-order valence-electron chi connectivity index (χ2n) is 2.07. The molecule has 3 nitrogen and oxygen atoms in total. The van der Waals surface area contributed by atoms with Gasteiger partial charge in [0.25, 0.3) is 5.69 Å².